The van der Waals surface area contributed by atoms with Crippen molar-refractivity contribution in [1.29, 1.82) is 0 Å². The van der Waals surface area contributed by atoms with Crippen molar-refractivity contribution in [3.05, 3.63) is 70.9 Å². The quantitative estimate of drug-likeness (QED) is 0.540. The van der Waals surface area contributed by atoms with Gasteiger partial charge in [-0.05, 0) is 60.7 Å². The van der Waals surface area contributed by atoms with Gasteiger partial charge in [0.15, 0.2) is 5.11 Å². The molecular formula is C20H17ClN2O4S. The minimum atomic E-state index is -0.355. The van der Waals surface area contributed by atoms with E-state index < -0.39 is 0 Å². The lowest BCUT2D eigenvalue weighted by molar-refractivity contribution is 0.0977. The van der Waals surface area contributed by atoms with E-state index >= 15 is 0 Å². The number of carbonyl (C=O) groups is 1. The fourth-order valence-corrected chi connectivity index (χ4v) is 2.99. The van der Waals surface area contributed by atoms with Gasteiger partial charge in [-0.15, -0.1) is 0 Å². The Labute approximate surface area is 172 Å². The Hall–Kier alpha value is -2.87. The average Bonchev–Trinajstić information content (AvgIpc) is 3.17. The number of rotatable bonds is 5. The van der Waals surface area contributed by atoms with Crippen LogP contribution in [0.25, 0.3) is 11.3 Å². The van der Waals surface area contributed by atoms with E-state index in [9.17, 15) is 4.79 Å². The first-order chi connectivity index (χ1) is 13.5. The molecule has 0 unspecified atom stereocenters. The third-order valence-corrected chi connectivity index (χ3v) is 4.39. The molecule has 0 saturated heterocycles. The number of anilines is 1. The van der Waals surface area contributed by atoms with Crippen LogP contribution >= 0.6 is 23.8 Å². The second-order valence-electron chi connectivity index (χ2n) is 5.76. The van der Waals surface area contributed by atoms with Crippen molar-refractivity contribution in [1.82, 2.24) is 5.32 Å². The van der Waals surface area contributed by atoms with Crippen LogP contribution in [0.15, 0.2) is 59.0 Å². The van der Waals surface area contributed by atoms with E-state index in [0.717, 1.165) is 0 Å². The summed E-state index contributed by atoms with van der Waals surface area (Å²) in [6.07, 6.45) is 0. The first kappa shape index (κ1) is 19.9. The van der Waals surface area contributed by atoms with Gasteiger partial charge in [-0.3, -0.25) is 10.1 Å². The minimum Gasteiger partial charge on any atom is -0.497 e. The lowest BCUT2D eigenvalue weighted by atomic mass is 10.1. The van der Waals surface area contributed by atoms with Crippen molar-refractivity contribution < 1.29 is 19.1 Å². The van der Waals surface area contributed by atoms with E-state index in [4.69, 9.17) is 38.1 Å². The largest absolute Gasteiger partial charge is 0.497 e. The van der Waals surface area contributed by atoms with Crippen molar-refractivity contribution in [2.75, 3.05) is 12.4 Å². The Balaban J connectivity index is 1.66. The summed E-state index contributed by atoms with van der Waals surface area (Å²) in [5, 5.41) is 15.2. The third-order valence-electron chi connectivity index (χ3n) is 3.87. The molecule has 28 heavy (non-hydrogen) atoms. The fourth-order valence-electron chi connectivity index (χ4n) is 2.50. The molecule has 0 saturated carbocycles. The number of hydrogen-bond acceptors (Lipinski definition) is 5. The zero-order valence-electron chi connectivity index (χ0n) is 14.9. The van der Waals surface area contributed by atoms with Crippen LogP contribution in [0.5, 0.6) is 5.75 Å². The maximum absolute atomic E-state index is 12.3. The Morgan fingerprint density at radius 1 is 1.21 bits per heavy atom. The third kappa shape index (κ3) is 4.69. The second-order valence-corrected chi connectivity index (χ2v) is 6.57. The van der Waals surface area contributed by atoms with Gasteiger partial charge in [0.25, 0.3) is 5.91 Å². The number of aliphatic hydroxyl groups is 1. The molecule has 144 valence electrons. The van der Waals surface area contributed by atoms with E-state index in [-0.39, 0.29) is 17.6 Å². The molecule has 0 aliphatic carbocycles. The Kier molecular flexibility index (Phi) is 6.30. The smallest absolute Gasteiger partial charge is 0.257 e. The number of methoxy groups -OCH3 is 1. The molecule has 1 aromatic heterocycles. The maximum atomic E-state index is 12.3. The number of carbonyl (C=O) groups excluding carboxylic acids is 1. The Morgan fingerprint density at radius 2 is 2.04 bits per heavy atom. The van der Waals surface area contributed by atoms with Crippen LogP contribution in [-0.4, -0.2) is 23.2 Å². The normalized spacial score (nSPS) is 10.4. The summed E-state index contributed by atoms with van der Waals surface area (Å²) < 4.78 is 10.6. The van der Waals surface area contributed by atoms with E-state index in [2.05, 4.69) is 10.6 Å². The summed E-state index contributed by atoms with van der Waals surface area (Å²) in [4.78, 5) is 12.3. The summed E-state index contributed by atoms with van der Waals surface area (Å²) in [5.41, 5.74) is 1.71. The number of nitrogens with one attached hydrogen (secondary N) is 2. The van der Waals surface area contributed by atoms with E-state index in [1.54, 1.807) is 54.6 Å². The van der Waals surface area contributed by atoms with Gasteiger partial charge in [-0.25, -0.2) is 0 Å². The lowest BCUT2D eigenvalue weighted by Crippen LogP contribution is -2.34. The molecule has 3 aromatic rings. The summed E-state index contributed by atoms with van der Waals surface area (Å²) >= 11 is 11.5. The number of aliphatic hydroxyl groups excluding tert-OH is 1. The first-order valence-electron chi connectivity index (χ1n) is 8.26. The predicted molar refractivity (Wildman–Crippen MR) is 112 cm³/mol. The second kappa shape index (κ2) is 8.88. The van der Waals surface area contributed by atoms with Crippen LogP contribution in [0.3, 0.4) is 0 Å². The fraction of sp³-hybridized carbons (Fsp3) is 0.100. The van der Waals surface area contributed by atoms with Crippen molar-refractivity contribution >= 4 is 40.5 Å². The standard InChI is InChI=1S/C20H17ClN2O4S/c1-26-14-4-2-3-12(9-14)19(25)23-20(28)22-13-5-7-16(17(21)10-13)18-8-6-15(11-24)27-18/h2-10,24H,11H2,1H3,(H2,22,23,25,28). The van der Waals surface area contributed by atoms with Crippen LogP contribution in [0.4, 0.5) is 5.69 Å². The van der Waals surface area contributed by atoms with Crippen LogP contribution in [0.1, 0.15) is 16.1 Å². The highest BCUT2D eigenvalue weighted by Crippen LogP contribution is 2.31. The topological polar surface area (TPSA) is 83.7 Å². The molecule has 3 N–H and O–H groups in total. The monoisotopic (exact) mass is 416 g/mol. The van der Waals surface area contributed by atoms with Crippen molar-refractivity contribution in [2.24, 2.45) is 0 Å². The van der Waals surface area contributed by atoms with Crippen LogP contribution in [0, 0.1) is 0 Å². The highest BCUT2D eigenvalue weighted by atomic mass is 35.5. The number of amides is 1. The lowest BCUT2D eigenvalue weighted by Gasteiger charge is -2.11. The number of benzene rings is 2. The molecule has 1 heterocycles. The summed E-state index contributed by atoms with van der Waals surface area (Å²) in [5.74, 6) is 1.23. The highest BCUT2D eigenvalue weighted by molar-refractivity contribution is 7.80. The molecule has 0 bridgehead atoms. The number of halogens is 1. The van der Waals surface area contributed by atoms with E-state index in [1.165, 1.54) is 7.11 Å². The minimum absolute atomic E-state index is 0.136. The number of hydrogen-bond donors (Lipinski definition) is 3. The van der Waals surface area contributed by atoms with Gasteiger partial charge in [-0.1, -0.05) is 17.7 Å². The molecule has 8 heteroatoms. The van der Waals surface area contributed by atoms with Gasteiger partial charge in [0, 0.05) is 16.8 Å². The SMILES string of the molecule is COc1cccc(C(=O)NC(=S)Nc2ccc(-c3ccc(CO)o3)c(Cl)c2)c1. The van der Waals surface area contributed by atoms with Crippen molar-refractivity contribution in [3.8, 4) is 17.1 Å². The molecule has 0 atom stereocenters. The zero-order valence-corrected chi connectivity index (χ0v) is 16.4. The molecule has 0 fully saturated rings. The molecule has 2 aromatic carbocycles. The molecule has 1 amide bonds. The zero-order chi connectivity index (χ0) is 20.1. The summed E-state index contributed by atoms with van der Waals surface area (Å²) in [7, 11) is 1.53. The van der Waals surface area contributed by atoms with Gasteiger partial charge in [0.2, 0.25) is 0 Å². The molecular weight excluding hydrogens is 400 g/mol. The van der Waals surface area contributed by atoms with E-state index in [0.29, 0.717) is 39.1 Å². The molecule has 0 aliphatic rings. The summed E-state index contributed by atoms with van der Waals surface area (Å²) in [6, 6.07) is 15.4. The Bertz CT molecular complexity index is 1020. The van der Waals surface area contributed by atoms with E-state index in [1.807, 2.05) is 0 Å². The molecule has 0 aliphatic heterocycles. The van der Waals surface area contributed by atoms with Gasteiger partial charge < -0.3 is 19.6 Å². The number of furan rings is 1. The van der Waals surface area contributed by atoms with Crippen molar-refractivity contribution in [2.45, 2.75) is 6.61 Å². The van der Waals surface area contributed by atoms with Gasteiger partial charge in [0.1, 0.15) is 23.9 Å². The van der Waals surface area contributed by atoms with Gasteiger partial charge in [-0.2, -0.15) is 0 Å². The first-order valence-corrected chi connectivity index (χ1v) is 9.04. The molecule has 0 spiro atoms. The maximum Gasteiger partial charge on any atom is 0.257 e. The van der Waals surface area contributed by atoms with Crippen LogP contribution in [0.2, 0.25) is 5.02 Å². The van der Waals surface area contributed by atoms with Crippen LogP contribution < -0.4 is 15.4 Å². The van der Waals surface area contributed by atoms with Gasteiger partial charge >= 0.3 is 0 Å². The summed E-state index contributed by atoms with van der Waals surface area (Å²) in [6.45, 7) is -0.182. The van der Waals surface area contributed by atoms with Crippen LogP contribution in [-0.2, 0) is 6.61 Å². The molecule has 3 rings (SSSR count). The van der Waals surface area contributed by atoms with Gasteiger partial charge in [0.05, 0.1) is 12.1 Å². The molecule has 0 radical (unpaired) electrons. The number of thiocarbonyl (C=S) groups is 1. The highest BCUT2D eigenvalue weighted by Gasteiger charge is 2.12. The predicted octanol–water partition coefficient (Wildman–Crippen LogP) is 4.23. The average molecular weight is 417 g/mol. The van der Waals surface area contributed by atoms with Crippen molar-refractivity contribution in [3.63, 3.8) is 0 Å². The number of ether oxygens (including phenoxy) is 1. The molecule has 6 nitrogen and oxygen atoms in total. The Morgan fingerprint density at radius 3 is 2.71 bits per heavy atom.